The van der Waals surface area contributed by atoms with Crippen LogP contribution in [0.5, 0.6) is 0 Å². The fourth-order valence-corrected chi connectivity index (χ4v) is 4.45. The van der Waals surface area contributed by atoms with E-state index >= 15 is 0 Å². The molecule has 0 N–H and O–H groups in total. The van der Waals surface area contributed by atoms with Gasteiger partial charge in [-0.1, -0.05) is 72.3 Å². The van der Waals surface area contributed by atoms with Gasteiger partial charge in [0.15, 0.2) is 5.71 Å². The van der Waals surface area contributed by atoms with Crippen LogP contribution >= 0.6 is 11.6 Å². The summed E-state index contributed by atoms with van der Waals surface area (Å²) in [5, 5.41) is 0.803. The Labute approximate surface area is 160 Å². The molecule has 1 aliphatic heterocycles. The van der Waals surface area contributed by atoms with Crippen molar-refractivity contribution >= 4 is 23.0 Å². The second kappa shape index (κ2) is 6.74. The van der Waals surface area contributed by atoms with E-state index < -0.39 is 0 Å². The van der Waals surface area contributed by atoms with Gasteiger partial charge in [-0.2, -0.15) is 0 Å². The zero-order valence-corrected chi connectivity index (χ0v) is 16.0. The molecule has 0 bridgehead atoms. The second-order valence-corrected chi connectivity index (χ2v) is 7.65. The summed E-state index contributed by atoms with van der Waals surface area (Å²) in [7, 11) is 2.17. The minimum Gasteiger partial charge on any atom is -0.202 e. The maximum absolute atomic E-state index is 6.42. The van der Waals surface area contributed by atoms with Gasteiger partial charge in [0.2, 0.25) is 5.69 Å². The number of nitrogens with zero attached hydrogens (tertiary/aromatic N) is 1. The molecule has 1 nitrogen and oxygen atoms in total. The molecule has 0 spiro atoms. The third-order valence-corrected chi connectivity index (χ3v) is 5.96. The summed E-state index contributed by atoms with van der Waals surface area (Å²) in [5.74, 6) is 0. The third kappa shape index (κ3) is 2.87. The van der Waals surface area contributed by atoms with Crippen LogP contribution in [0.3, 0.4) is 0 Å². The molecule has 0 amide bonds. The lowest BCUT2D eigenvalue weighted by atomic mass is 9.69. The molecule has 1 heterocycles. The summed E-state index contributed by atoms with van der Waals surface area (Å²) >= 11 is 6.42. The molecule has 0 fully saturated rings. The van der Waals surface area contributed by atoms with Crippen LogP contribution in [0, 0.1) is 0 Å². The van der Waals surface area contributed by atoms with Gasteiger partial charge in [0, 0.05) is 23.6 Å². The standard InChI is InChI=1S/C24H23ClN/c1-18-24(16-19-9-5-3-6-10-19,17-20-11-7-4-8-12-20)22-15-21(25)13-14-23(22)26(18)2/h3-15H,16-17H2,1-2H3/q+1. The summed E-state index contributed by atoms with van der Waals surface area (Å²) in [6, 6.07) is 27.9. The fraction of sp³-hybridized carbons (Fsp3) is 0.208. The molecule has 0 atom stereocenters. The maximum Gasteiger partial charge on any atom is 0.209 e. The summed E-state index contributed by atoms with van der Waals surface area (Å²) in [6.07, 6.45) is 1.93. The van der Waals surface area contributed by atoms with E-state index in [1.165, 1.54) is 28.1 Å². The molecule has 130 valence electrons. The lowest BCUT2D eigenvalue weighted by Gasteiger charge is -2.28. The van der Waals surface area contributed by atoms with Gasteiger partial charge >= 0.3 is 0 Å². The quantitative estimate of drug-likeness (QED) is 0.516. The van der Waals surface area contributed by atoms with E-state index in [4.69, 9.17) is 11.6 Å². The molecule has 0 saturated carbocycles. The Balaban J connectivity index is 1.90. The molecule has 0 radical (unpaired) electrons. The number of hydrogen-bond acceptors (Lipinski definition) is 0. The van der Waals surface area contributed by atoms with Crippen molar-refractivity contribution in [1.82, 2.24) is 0 Å². The van der Waals surface area contributed by atoms with Crippen LogP contribution in [0.4, 0.5) is 5.69 Å². The monoisotopic (exact) mass is 360 g/mol. The highest BCUT2D eigenvalue weighted by Crippen LogP contribution is 2.45. The Hall–Kier alpha value is -2.38. The molecule has 0 unspecified atom stereocenters. The molecular weight excluding hydrogens is 338 g/mol. The first-order valence-corrected chi connectivity index (χ1v) is 9.43. The highest BCUT2D eigenvalue weighted by Gasteiger charge is 2.49. The van der Waals surface area contributed by atoms with Crippen LogP contribution in [0.2, 0.25) is 5.02 Å². The number of hydrogen-bond donors (Lipinski definition) is 0. The van der Waals surface area contributed by atoms with Gasteiger partial charge in [-0.05, 0) is 36.1 Å². The van der Waals surface area contributed by atoms with Crippen LogP contribution in [-0.4, -0.2) is 17.3 Å². The maximum atomic E-state index is 6.42. The van der Waals surface area contributed by atoms with Crippen molar-refractivity contribution in [2.75, 3.05) is 7.05 Å². The average Bonchev–Trinajstić information content (AvgIpc) is 2.85. The van der Waals surface area contributed by atoms with Gasteiger partial charge in [0.25, 0.3) is 0 Å². The molecule has 0 aromatic heterocycles. The molecule has 0 aliphatic carbocycles. The summed E-state index contributed by atoms with van der Waals surface area (Å²) in [5.41, 5.74) is 6.59. The highest BCUT2D eigenvalue weighted by atomic mass is 35.5. The first-order chi connectivity index (χ1) is 12.6. The Morgan fingerprint density at radius 3 is 1.88 bits per heavy atom. The largest absolute Gasteiger partial charge is 0.209 e. The number of fused-ring (bicyclic) bond motifs is 1. The first kappa shape index (κ1) is 17.1. The molecule has 4 rings (SSSR count). The fourth-order valence-electron chi connectivity index (χ4n) is 4.28. The first-order valence-electron chi connectivity index (χ1n) is 9.06. The van der Waals surface area contributed by atoms with E-state index in [1.807, 2.05) is 6.07 Å². The van der Waals surface area contributed by atoms with Crippen LogP contribution in [0.25, 0.3) is 0 Å². The predicted octanol–water partition coefficient (Wildman–Crippen LogP) is 5.81. The summed E-state index contributed by atoms with van der Waals surface area (Å²) < 4.78 is 2.33. The van der Waals surface area contributed by atoms with Gasteiger partial charge in [0.05, 0.1) is 5.41 Å². The topological polar surface area (TPSA) is 3.01 Å². The van der Waals surface area contributed by atoms with Crippen molar-refractivity contribution in [3.05, 3.63) is 101 Å². The lowest BCUT2D eigenvalue weighted by Crippen LogP contribution is -2.38. The number of rotatable bonds is 4. The third-order valence-electron chi connectivity index (χ3n) is 5.73. The lowest BCUT2D eigenvalue weighted by molar-refractivity contribution is -0.403. The van der Waals surface area contributed by atoms with Crippen molar-refractivity contribution in [2.45, 2.75) is 25.2 Å². The van der Waals surface area contributed by atoms with Crippen molar-refractivity contribution in [2.24, 2.45) is 0 Å². The minimum atomic E-state index is -0.0856. The Bertz CT molecular complexity index is 917. The minimum absolute atomic E-state index is 0.0856. The summed E-state index contributed by atoms with van der Waals surface area (Å²) in [6.45, 7) is 2.26. The van der Waals surface area contributed by atoms with E-state index in [0.29, 0.717) is 0 Å². The van der Waals surface area contributed by atoms with Crippen LogP contribution in [-0.2, 0) is 18.3 Å². The predicted molar refractivity (Wildman–Crippen MR) is 110 cm³/mol. The van der Waals surface area contributed by atoms with Crippen molar-refractivity contribution in [3.8, 4) is 0 Å². The van der Waals surface area contributed by atoms with E-state index in [2.05, 4.69) is 91.3 Å². The van der Waals surface area contributed by atoms with Crippen LogP contribution in [0.1, 0.15) is 23.6 Å². The van der Waals surface area contributed by atoms with Gasteiger partial charge in [0.1, 0.15) is 7.05 Å². The molecular formula is C24H23ClN+. The van der Waals surface area contributed by atoms with Crippen LogP contribution < -0.4 is 0 Å². The molecule has 3 aromatic rings. The summed E-state index contributed by atoms with van der Waals surface area (Å²) in [4.78, 5) is 0. The van der Waals surface area contributed by atoms with E-state index in [0.717, 1.165) is 17.9 Å². The normalized spacial score (nSPS) is 15.2. The van der Waals surface area contributed by atoms with Gasteiger partial charge < -0.3 is 0 Å². The average molecular weight is 361 g/mol. The van der Waals surface area contributed by atoms with Crippen molar-refractivity contribution in [1.29, 1.82) is 0 Å². The van der Waals surface area contributed by atoms with Crippen molar-refractivity contribution < 1.29 is 4.58 Å². The van der Waals surface area contributed by atoms with Gasteiger partial charge in [-0.25, -0.2) is 4.58 Å². The van der Waals surface area contributed by atoms with E-state index in [-0.39, 0.29) is 5.41 Å². The molecule has 2 heteroatoms. The number of benzene rings is 3. The molecule has 3 aromatic carbocycles. The molecule has 1 aliphatic rings. The zero-order valence-electron chi connectivity index (χ0n) is 15.2. The molecule has 26 heavy (non-hydrogen) atoms. The zero-order chi connectivity index (χ0) is 18.1. The van der Waals surface area contributed by atoms with Gasteiger partial charge in [-0.3, -0.25) is 0 Å². The van der Waals surface area contributed by atoms with Gasteiger partial charge in [-0.15, -0.1) is 0 Å². The van der Waals surface area contributed by atoms with Crippen molar-refractivity contribution in [3.63, 3.8) is 0 Å². The second-order valence-electron chi connectivity index (χ2n) is 7.21. The molecule has 0 saturated heterocycles. The highest BCUT2D eigenvalue weighted by molar-refractivity contribution is 6.30. The Morgan fingerprint density at radius 2 is 1.35 bits per heavy atom. The SMILES string of the molecule is CC1=[N+](C)c2ccc(Cl)cc2C1(Cc1ccccc1)Cc1ccccc1. The number of halogens is 1. The van der Waals surface area contributed by atoms with E-state index in [1.54, 1.807) is 0 Å². The Kier molecular flexibility index (Phi) is 4.42. The smallest absolute Gasteiger partial charge is 0.202 e. The Morgan fingerprint density at radius 1 is 0.808 bits per heavy atom. The van der Waals surface area contributed by atoms with E-state index in [9.17, 15) is 0 Å². The van der Waals surface area contributed by atoms with Crippen LogP contribution in [0.15, 0.2) is 78.9 Å².